The van der Waals surface area contributed by atoms with Crippen LogP contribution in [0.3, 0.4) is 0 Å². The standard InChI is InChI=1S/C13H5BrF11NO3S/c14-5-1-3-6(4-2-5)30(28,29)26-7(27)8(15)9(16,17)11(20,21)13(24,25)12(22,23)10(8,18)19/h1-4H,(H,26,27)/p-1. The van der Waals surface area contributed by atoms with Crippen LogP contribution in [0.25, 0.3) is 0 Å². The molecule has 0 unspecified atom stereocenters. The summed E-state index contributed by atoms with van der Waals surface area (Å²) < 4.78 is 175. The van der Waals surface area contributed by atoms with Gasteiger partial charge in [0.1, 0.15) is 0 Å². The van der Waals surface area contributed by atoms with Gasteiger partial charge in [-0.25, -0.2) is 4.39 Å². The Hall–Kier alpha value is -1.65. The van der Waals surface area contributed by atoms with E-state index in [1.54, 1.807) is 4.40 Å². The van der Waals surface area contributed by atoms with Gasteiger partial charge in [-0.05, 0) is 24.3 Å². The summed E-state index contributed by atoms with van der Waals surface area (Å²) in [6, 6.07) is 2.92. The van der Waals surface area contributed by atoms with E-state index in [1.807, 2.05) is 0 Å². The van der Waals surface area contributed by atoms with E-state index in [-0.39, 0.29) is 4.47 Å². The average Bonchev–Trinajstić information content (AvgIpc) is 2.59. The maximum Gasteiger partial charge on any atom is 0.384 e. The molecule has 1 saturated carbocycles. The molecule has 4 nitrogen and oxygen atoms in total. The first-order valence-electron chi connectivity index (χ1n) is 6.99. The molecule has 0 amide bonds. The van der Waals surface area contributed by atoms with Gasteiger partial charge in [0.05, 0.1) is 4.90 Å². The van der Waals surface area contributed by atoms with Crippen molar-refractivity contribution in [3.63, 3.8) is 0 Å². The van der Waals surface area contributed by atoms with E-state index in [0.29, 0.717) is 12.1 Å². The Kier molecular flexibility index (Phi) is 5.28. The molecule has 0 spiro atoms. The van der Waals surface area contributed by atoms with Crippen LogP contribution < -0.4 is 5.11 Å². The molecule has 0 radical (unpaired) electrons. The largest absolute Gasteiger partial charge is 0.859 e. The summed E-state index contributed by atoms with van der Waals surface area (Å²) in [5, 5.41) is 11.6. The van der Waals surface area contributed by atoms with E-state index in [9.17, 15) is 61.8 Å². The van der Waals surface area contributed by atoms with Crippen LogP contribution in [0.4, 0.5) is 48.3 Å². The van der Waals surface area contributed by atoms with Crippen molar-refractivity contribution in [1.29, 1.82) is 0 Å². The monoisotopic (exact) mass is 542 g/mol. The predicted molar refractivity (Wildman–Crippen MR) is 77.3 cm³/mol. The molecule has 1 aliphatic carbocycles. The first-order valence-corrected chi connectivity index (χ1v) is 9.22. The second-order valence-corrected chi connectivity index (χ2v) is 8.38. The van der Waals surface area contributed by atoms with Crippen molar-refractivity contribution in [2.75, 3.05) is 0 Å². The molecule has 0 bridgehead atoms. The zero-order valence-electron chi connectivity index (χ0n) is 13.4. The van der Waals surface area contributed by atoms with Gasteiger partial charge >= 0.3 is 29.6 Å². The zero-order valence-corrected chi connectivity index (χ0v) is 15.8. The van der Waals surface area contributed by atoms with Crippen LogP contribution in [0.15, 0.2) is 38.0 Å². The van der Waals surface area contributed by atoms with Crippen molar-refractivity contribution >= 4 is 31.9 Å². The van der Waals surface area contributed by atoms with Crippen LogP contribution in [0.1, 0.15) is 0 Å². The predicted octanol–water partition coefficient (Wildman–Crippen LogP) is 3.80. The maximum absolute atomic E-state index is 14.5. The van der Waals surface area contributed by atoms with Gasteiger partial charge in [-0.2, -0.15) is 56.7 Å². The van der Waals surface area contributed by atoms with Gasteiger partial charge in [-0.1, -0.05) is 15.9 Å². The molecular formula is C13H4BrF11NO3S-. The fourth-order valence-electron chi connectivity index (χ4n) is 2.32. The summed E-state index contributed by atoms with van der Waals surface area (Å²) >= 11 is 2.81. The molecule has 1 fully saturated rings. The number of halogens is 12. The van der Waals surface area contributed by atoms with Crippen molar-refractivity contribution in [1.82, 2.24) is 0 Å². The molecule has 30 heavy (non-hydrogen) atoms. The lowest BCUT2D eigenvalue weighted by atomic mass is 9.72. The summed E-state index contributed by atoms with van der Waals surface area (Å²) in [5.41, 5.74) is -7.16. The Labute approximate surface area is 167 Å². The van der Waals surface area contributed by atoms with Crippen molar-refractivity contribution < 1.29 is 61.8 Å². The number of sulfonamides is 1. The molecule has 0 atom stereocenters. The Bertz CT molecular complexity index is 962. The second-order valence-electron chi connectivity index (χ2n) is 5.86. The van der Waals surface area contributed by atoms with Crippen LogP contribution >= 0.6 is 15.9 Å². The Morgan fingerprint density at radius 2 is 1.07 bits per heavy atom. The number of hydrogen-bond donors (Lipinski definition) is 0. The maximum atomic E-state index is 14.5. The van der Waals surface area contributed by atoms with Crippen LogP contribution in [0, 0.1) is 0 Å². The van der Waals surface area contributed by atoms with E-state index in [0.717, 1.165) is 12.1 Å². The molecule has 0 saturated heterocycles. The van der Waals surface area contributed by atoms with Gasteiger partial charge < -0.3 is 5.11 Å². The fraction of sp³-hybridized carbons (Fsp3) is 0.462. The van der Waals surface area contributed by atoms with Crippen LogP contribution in [0.2, 0.25) is 0 Å². The van der Waals surface area contributed by atoms with Gasteiger partial charge in [0.2, 0.25) is 0 Å². The Morgan fingerprint density at radius 1 is 0.733 bits per heavy atom. The first kappa shape index (κ1) is 24.6. The SMILES string of the molecule is O=S(=O)(/N=C(\[O-])C1(F)C(F)(F)C(F)(F)C(F)(F)C(F)(F)C1(F)F)c1ccc(Br)cc1. The highest BCUT2D eigenvalue weighted by Crippen LogP contribution is 2.69. The number of alkyl halides is 11. The number of nitrogens with zero attached hydrogens (tertiary/aromatic N) is 1. The van der Waals surface area contributed by atoms with Gasteiger partial charge in [-0.3, -0.25) is 0 Å². The third-order valence-electron chi connectivity index (χ3n) is 4.05. The molecule has 170 valence electrons. The summed E-state index contributed by atoms with van der Waals surface area (Å²) in [4.78, 5) is -1.16. The summed E-state index contributed by atoms with van der Waals surface area (Å²) in [7, 11) is -5.70. The second kappa shape index (κ2) is 6.43. The topological polar surface area (TPSA) is 69.6 Å². The smallest absolute Gasteiger partial charge is 0.384 e. The van der Waals surface area contributed by atoms with Crippen LogP contribution in [0.5, 0.6) is 0 Å². The summed E-state index contributed by atoms with van der Waals surface area (Å²) in [5.74, 6) is -41.7. The molecule has 0 N–H and O–H groups in total. The molecule has 2 rings (SSSR count). The number of hydrogen-bond acceptors (Lipinski definition) is 3. The van der Waals surface area contributed by atoms with Gasteiger partial charge in [0, 0.05) is 10.4 Å². The van der Waals surface area contributed by atoms with Crippen LogP contribution in [-0.4, -0.2) is 49.6 Å². The molecule has 0 aliphatic heterocycles. The minimum absolute atomic E-state index is 0.168. The van der Waals surface area contributed by atoms with Gasteiger partial charge in [0.25, 0.3) is 15.7 Å². The number of benzene rings is 1. The third-order valence-corrected chi connectivity index (χ3v) is 5.85. The Balaban J connectivity index is 2.82. The van der Waals surface area contributed by atoms with Crippen molar-refractivity contribution in [2.45, 2.75) is 40.2 Å². The van der Waals surface area contributed by atoms with E-state index < -0.39 is 56.1 Å². The first-order chi connectivity index (χ1) is 13.1. The quantitative estimate of drug-likeness (QED) is 0.331. The lowest BCUT2D eigenvalue weighted by molar-refractivity contribution is -0.480. The van der Waals surface area contributed by atoms with E-state index in [4.69, 9.17) is 0 Å². The minimum Gasteiger partial charge on any atom is -0.859 e. The van der Waals surface area contributed by atoms with E-state index in [2.05, 4.69) is 15.9 Å². The highest BCUT2D eigenvalue weighted by atomic mass is 79.9. The molecule has 0 heterocycles. The number of rotatable bonds is 3. The Morgan fingerprint density at radius 3 is 1.43 bits per heavy atom. The fourth-order valence-corrected chi connectivity index (χ4v) is 3.52. The summed E-state index contributed by atoms with van der Waals surface area (Å²) in [6.07, 6.45) is 0. The van der Waals surface area contributed by atoms with Crippen molar-refractivity contribution in [3.8, 4) is 0 Å². The zero-order chi connectivity index (χ0) is 23.8. The molecule has 0 aromatic heterocycles. The third kappa shape index (κ3) is 2.69. The van der Waals surface area contributed by atoms with Crippen LogP contribution in [-0.2, 0) is 10.0 Å². The van der Waals surface area contributed by atoms with Crippen molar-refractivity contribution in [2.24, 2.45) is 4.40 Å². The summed E-state index contributed by atoms with van der Waals surface area (Å²) in [6.45, 7) is 0. The molecule has 1 aliphatic rings. The molecular weight excluding hydrogens is 539 g/mol. The molecule has 17 heteroatoms. The highest BCUT2D eigenvalue weighted by Gasteiger charge is 3.01. The normalized spacial score (nSPS) is 26.2. The average molecular weight is 543 g/mol. The minimum atomic E-state index is -7.55. The molecule has 1 aromatic rings. The highest BCUT2D eigenvalue weighted by molar-refractivity contribution is 9.10. The lowest BCUT2D eigenvalue weighted by Crippen LogP contribution is -2.86. The van der Waals surface area contributed by atoms with Gasteiger partial charge in [-0.15, -0.1) is 0 Å². The van der Waals surface area contributed by atoms with E-state index in [1.165, 1.54) is 0 Å². The van der Waals surface area contributed by atoms with Gasteiger partial charge in [0.15, 0.2) is 0 Å². The van der Waals surface area contributed by atoms with Crippen molar-refractivity contribution in [3.05, 3.63) is 28.7 Å². The van der Waals surface area contributed by atoms with E-state index >= 15 is 0 Å². The lowest BCUT2D eigenvalue weighted by Gasteiger charge is -2.53. The molecule has 1 aromatic carbocycles.